The highest BCUT2D eigenvalue weighted by Crippen LogP contribution is 2.45. The van der Waals surface area contributed by atoms with E-state index in [1.165, 1.54) is 0 Å². The lowest BCUT2D eigenvalue weighted by Gasteiger charge is -2.34. The first-order valence-electron chi connectivity index (χ1n) is 7.68. The number of carbonyl (C=O) groups is 2. The Bertz CT molecular complexity index is 633. The van der Waals surface area contributed by atoms with Crippen LogP contribution in [0.15, 0.2) is 36.4 Å². The molecular weight excluding hydrogens is 296 g/mol. The summed E-state index contributed by atoms with van der Waals surface area (Å²) in [5.74, 6) is -0.388. The summed E-state index contributed by atoms with van der Waals surface area (Å²) in [6.07, 6.45) is 4.40. The van der Waals surface area contributed by atoms with Crippen LogP contribution in [0.5, 0.6) is 5.75 Å². The van der Waals surface area contributed by atoms with Gasteiger partial charge < -0.3 is 14.2 Å². The molecule has 1 aliphatic carbocycles. The van der Waals surface area contributed by atoms with Crippen molar-refractivity contribution in [3.05, 3.63) is 42.0 Å². The Balaban J connectivity index is 1.69. The minimum absolute atomic E-state index is 0.0326. The van der Waals surface area contributed by atoms with Crippen molar-refractivity contribution in [2.24, 2.45) is 17.3 Å². The van der Waals surface area contributed by atoms with Gasteiger partial charge in [0.1, 0.15) is 12.4 Å². The number of allylic oxidation sites excluding steroid dienone is 1. The van der Waals surface area contributed by atoms with Gasteiger partial charge in [-0.15, -0.1) is 0 Å². The first-order valence-corrected chi connectivity index (χ1v) is 7.68. The molecule has 0 aromatic heterocycles. The van der Waals surface area contributed by atoms with Crippen LogP contribution < -0.4 is 4.74 Å². The van der Waals surface area contributed by atoms with Gasteiger partial charge >= 0.3 is 11.9 Å². The number of methoxy groups -OCH3 is 1. The molecule has 1 unspecified atom stereocenters. The van der Waals surface area contributed by atoms with Gasteiger partial charge in [-0.2, -0.15) is 0 Å². The number of ether oxygens (including phenoxy) is 3. The molecule has 5 heteroatoms. The van der Waals surface area contributed by atoms with Crippen molar-refractivity contribution in [1.29, 1.82) is 0 Å². The first kappa shape index (κ1) is 15.6. The second-order valence-electron chi connectivity index (χ2n) is 6.25. The standard InChI is InChI=1S/C18H20O5/c1-18(9-3-4-13-11-22-16(19)15(13)18)17(20)23-10-12-5-7-14(21-2)8-6-12/h3-8,13,15H,9-11H2,1-2H3/t13?,15-,18-/m1/s1. The molecule has 0 amide bonds. The van der Waals surface area contributed by atoms with Gasteiger partial charge in [0.15, 0.2) is 0 Å². The van der Waals surface area contributed by atoms with E-state index >= 15 is 0 Å². The maximum atomic E-state index is 12.6. The smallest absolute Gasteiger partial charge is 0.313 e. The predicted molar refractivity (Wildman–Crippen MR) is 82.6 cm³/mol. The monoisotopic (exact) mass is 316 g/mol. The largest absolute Gasteiger partial charge is 0.497 e. The zero-order chi connectivity index (χ0) is 16.4. The molecule has 3 atom stereocenters. The number of esters is 2. The van der Waals surface area contributed by atoms with E-state index in [2.05, 4.69) is 0 Å². The van der Waals surface area contributed by atoms with E-state index in [0.29, 0.717) is 13.0 Å². The van der Waals surface area contributed by atoms with Crippen LogP contribution in [0, 0.1) is 17.3 Å². The van der Waals surface area contributed by atoms with Gasteiger partial charge in [-0.05, 0) is 31.0 Å². The van der Waals surface area contributed by atoms with Crippen LogP contribution in [0.25, 0.3) is 0 Å². The maximum Gasteiger partial charge on any atom is 0.313 e. The van der Waals surface area contributed by atoms with Crippen molar-refractivity contribution in [2.75, 3.05) is 13.7 Å². The van der Waals surface area contributed by atoms with Crippen molar-refractivity contribution in [3.8, 4) is 5.75 Å². The minimum Gasteiger partial charge on any atom is -0.497 e. The lowest BCUT2D eigenvalue weighted by Crippen LogP contribution is -2.43. The fourth-order valence-electron chi connectivity index (χ4n) is 3.30. The van der Waals surface area contributed by atoms with E-state index in [-0.39, 0.29) is 24.5 Å². The quantitative estimate of drug-likeness (QED) is 0.631. The average Bonchev–Trinajstić information content (AvgIpc) is 2.96. The van der Waals surface area contributed by atoms with E-state index < -0.39 is 11.3 Å². The molecule has 2 aliphatic rings. The van der Waals surface area contributed by atoms with Crippen LogP contribution in [0.4, 0.5) is 0 Å². The molecule has 1 saturated heterocycles. The molecule has 3 rings (SSSR count). The molecule has 5 nitrogen and oxygen atoms in total. The third-order valence-corrected chi connectivity index (χ3v) is 4.71. The van der Waals surface area contributed by atoms with Crippen molar-refractivity contribution >= 4 is 11.9 Å². The van der Waals surface area contributed by atoms with Crippen LogP contribution in [-0.4, -0.2) is 25.7 Å². The molecule has 0 spiro atoms. The number of hydrogen-bond donors (Lipinski definition) is 0. The molecule has 1 fully saturated rings. The number of benzene rings is 1. The number of cyclic esters (lactones) is 1. The van der Waals surface area contributed by atoms with Gasteiger partial charge in [-0.3, -0.25) is 9.59 Å². The summed E-state index contributed by atoms with van der Waals surface area (Å²) < 4.78 is 15.7. The third-order valence-electron chi connectivity index (χ3n) is 4.71. The van der Waals surface area contributed by atoms with Crippen molar-refractivity contribution < 1.29 is 23.8 Å². The fourth-order valence-corrected chi connectivity index (χ4v) is 3.30. The van der Waals surface area contributed by atoms with E-state index in [9.17, 15) is 9.59 Å². The molecule has 1 aromatic rings. The number of carbonyl (C=O) groups excluding carboxylic acids is 2. The van der Waals surface area contributed by atoms with Crippen LogP contribution in [0.2, 0.25) is 0 Å². The van der Waals surface area contributed by atoms with Gasteiger partial charge in [0.25, 0.3) is 0 Å². The summed E-state index contributed by atoms with van der Waals surface area (Å²) in [5, 5.41) is 0. The van der Waals surface area contributed by atoms with Gasteiger partial charge in [-0.1, -0.05) is 24.3 Å². The molecular formula is C18H20O5. The lowest BCUT2D eigenvalue weighted by atomic mass is 9.66. The van der Waals surface area contributed by atoms with Gasteiger partial charge in [0, 0.05) is 5.92 Å². The molecule has 1 aromatic carbocycles. The number of hydrogen-bond acceptors (Lipinski definition) is 5. The Morgan fingerprint density at radius 2 is 2.09 bits per heavy atom. The van der Waals surface area contributed by atoms with Crippen LogP contribution in [0.1, 0.15) is 18.9 Å². The summed E-state index contributed by atoms with van der Waals surface area (Å²) in [4.78, 5) is 24.6. The second kappa shape index (κ2) is 6.07. The van der Waals surface area contributed by atoms with Gasteiger partial charge in [0.05, 0.1) is 25.0 Å². The van der Waals surface area contributed by atoms with E-state index in [1.54, 1.807) is 14.0 Å². The highest BCUT2D eigenvalue weighted by molar-refractivity contribution is 5.87. The first-order chi connectivity index (χ1) is 11.0. The molecule has 0 radical (unpaired) electrons. The normalized spacial score (nSPS) is 28.9. The molecule has 0 bridgehead atoms. The zero-order valence-corrected chi connectivity index (χ0v) is 13.3. The average molecular weight is 316 g/mol. The molecule has 1 aliphatic heterocycles. The van der Waals surface area contributed by atoms with Gasteiger partial charge in [0.2, 0.25) is 0 Å². The number of rotatable bonds is 4. The van der Waals surface area contributed by atoms with Crippen LogP contribution >= 0.6 is 0 Å². The zero-order valence-electron chi connectivity index (χ0n) is 13.3. The maximum absolute atomic E-state index is 12.6. The third kappa shape index (κ3) is 2.83. The highest BCUT2D eigenvalue weighted by atomic mass is 16.5. The number of fused-ring (bicyclic) bond motifs is 1. The minimum atomic E-state index is -0.862. The predicted octanol–water partition coefficient (Wildman–Crippen LogP) is 2.49. The highest BCUT2D eigenvalue weighted by Gasteiger charge is 2.54. The Hall–Kier alpha value is -2.30. The van der Waals surface area contributed by atoms with E-state index in [0.717, 1.165) is 11.3 Å². The summed E-state index contributed by atoms with van der Waals surface area (Å²) in [5.41, 5.74) is 0.0130. The van der Waals surface area contributed by atoms with Crippen molar-refractivity contribution in [1.82, 2.24) is 0 Å². The second-order valence-corrected chi connectivity index (χ2v) is 6.25. The summed E-state index contributed by atoms with van der Waals surface area (Å²) in [6.45, 7) is 2.31. The topological polar surface area (TPSA) is 61.8 Å². The Kier molecular flexibility index (Phi) is 4.11. The molecule has 1 heterocycles. The molecule has 0 saturated carbocycles. The van der Waals surface area contributed by atoms with Crippen molar-refractivity contribution in [3.63, 3.8) is 0 Å². The van der Waals surface area contributed by atoms with Crippen LogP contribution in [0.3, 0.4) is 0 Å². The summed E-state index contributed by atoms with van der Waals surface area (Å²) in [7, 11) is 1.60. The van der Waals surface area contributed by atoms with Crippen LogP contribution in [-0.2, 0) is 25.7 Å². The molecule has 0 N–H and O–H groups in total. The molecule has 122 valence electrons. The summed E-state index contributed by atoms with van der Waals surface area (Å²) >= 11 is 0. The summed E-state index contributed by atoms with van der Waals surface area (Å²) in [6, 6.07) is 7.33. The Labute approximate surface area is 135 Å². The molecule has 23 heavy (non-hydrogen) atoms. The van der Waals surface area contributed by atoms with Crippen molar-refractivity contribution in [2.45, 2.75) is 20.0 Å². The SMILES string of the molecule is COc1ccc(COC(=O)[C@]2(C)CC=CC3COC(=O)[C@@H]32)cc1. The van der Waals surface area contributed by atoms with E-state index in [1.807, 2.05) is 36.4 Å². The Morgan fingerprint density at radius 3 is 2.78 bits per heavy atom. The Morgan fingerprint density at radius 1 is 1.35 bits per heavy atom. The lowest BCUT2D eigenvalue weighted by molar-refractivity contribution is -0.165. The van der Waals surface area contributed by atoms with Gasteiger partial charge in [-0.25, -0.2) is 0 Å². The van der Waals surface area contributed by atoms with E-state index in [4.69, 9.17) is 14.2 Å². The fraction of sp³-hybridized carbons (Fsp3) is 0.444.